The Balaban J connectivity index is 0.000000188. The molecule has 1 N–H and O–H groups in total. The normalized spacial score (nSPS) is 11.1. The van der Waals surface area contributed by atoms with Crippen molar-refractivity contribution in [3.63, 3.8) is 0 Å². The third-order valence-corrected chi connectivity index (χ3v) is 3.74. The maximum Gasteiger partial charge on any atom is 0.244 e. The van der Waals surface area contributed by atoms with Crippen LogP contribution >= 0.6 is 0 Å². The van der Waals surface area contributed by atoms with Gasteiger partial charge in [-0.2, -0.15) is 10.1 Å². The van der Waals surface area contributed by atoms with Gasteiger partial charge in [0.15, 0.2) is 0 Å². The average molecular weight is 302 g/mol. The van der Waals surface area contributed by atoms with Gasteiger partial charge in [0.05, 0.1) is 0 Å². The maximum atomic E-state index is 3.64. The molecule has 2 aromatic carbocycles. The molecule has 0 saturated heterocycles. The number of benzene rings is 2. The first-order valence-corrected chi connectivity index (χ1v) is 7.41. The van der Waals surface area contributed by atoms with E-state index in [1.54, 1.807) is 0 Å². The smallest absolute Gasteiger partial charge is 0.244 e. The number of allylic oxidation sites excluding steroid dienone is 1. The molecule has 0 aliphatic heterocycles. The summed E-state index contributed by atoms with van der Waals surface area (Å²) in [4.78, 5) is 7.09. The van der Waals surface area contributed by atoms with Crippen molar-refractivity contribution in [2.75, 3.05) is 0 Å². The lowest BCUT2D eigenvalue weighted by Crippen LogP contribution is -1.83. The van der Waals surface area contributed by atoms with E-state index >= 15 is 0 Å². The summed E-state index contributed by atoms with van der Waals surface area (Å²) >= 11 is 0. The Morgan fingerprint density at radius 1 is 0.913 bits per heavy atom. The lowest BCUT2D eigenvalue weighted by Gasteiger charge is -2.04. The predicted octanol–water partition coefficient (Wildman–Crippen LogP) is 4.65. The standard InChI is InChI=1S/C16H14.C3H4N4/c1-11(2)16-14-9-5-3-7-12(14)13-8-4-6-10-15(13)16;1-4-3-5-2-6-7-3/h3-10H,1-2H3;2H,1H2,(H,5,6,7). The highest BCUT2D eigenvalue weighted by Crippen LogP contribution is 2.44. The highest BCUT2D eigenvalue weighted by molar-refractivity contribution is 6.01. The Bertz CT molecular complexity index is 809. The van der Waals surface area contributed by atoms with E-state index in [2.05, 4.69) is 89.3 Å². The topological polar surface area (TPSA) is 53.9 Å². The third kappa shape index (κ3) is 2.83. The molecule has 1 aliphatic rings. The molecule has 4 heteroatoms. The van der Waals surface area contributed by atoms with Crippen LogP contribution in [0.2, 0.25) is 0 Å². The second-order valence-electron chi connectivity index (χ2n) is 5.43. The minimum atomic E-state index is 0.458. The summed E-state index contributed by atoms with van der Waals surface area (Å²) in [6.07, 6.45) is 1.38. The Kier molecular flexibility index (Phi) is 4.15. The summed E-state index contributed by atoms with van der Waals surface area (Å²) in [6.45, 7) is 7.60. The molecule has 0 spiro atoms. The van der Waals surface area contributed by atoms with Crippen molar-refractivity contribution in [2.45, 2.75) is 13.8 Å². The molecular weight excluding hydrogens is 284 g/mol. The van der Waals surface area contributed by atoms with E-state index in [4.69, 9.17) is 0 Å². The molecule has 4 nitrogen and oxygen atoms in total. The quantitative estimate of drug-likeness (QED) is 0.520. The highest BCUT2D eigenvalue weighted by Gasteiger charge is 2.22. The van der Waals surface area contributed by atoms with Crippen molar-refractivity contribution in [1.82, 2.24) is 15.2 Å². The number of aliphatic imine (C=N–C) groups is 1. The van der Waals surface area contributed by atoms with Gasteiger partial charge < -0.3 is 0 Å². The third-order valence-electron chi connectivity index (χ3n) is 3.74. The number of fused-ring (bicyclic) bond motifs is 3. The van der Waals surface area contributed by atoms with Gasteiger partial charge in [-0.1, -0.05) is 54.1 Å². The number of nitrogens with one attached hydrogen (secondary N) is 1. The second-order valence-corrected chi connectivity index (χ2v) is 5.43. The fraction of sp³-hybridized carbons (Fsp3) is 0.105. The molecule has 0 fully saturated rings. The van der Waals surface area contributed by atoms with Crippen LogP contribution in [0.15, 0.2) is 65.4 Å². The molecule has 0 unspecified atom stereocenters. The molecule has 1 aromatic heterocycles. The molecule has 114 valence electrons. The lowest BCUT2D eigenvalue weighted by atomic mass is 10.00. The number of nitrogens with zero attached hydrogens (tertiary/aromatic N) is 3. The second kappa shape index (κ2) is 6.40. The van der Waals surface area contributed by atoms with Crippen molar-refractivity contribution in [1.29, 1.82) is 0 Å². The zero-order valence-corrected chi connectivity index (χ0v) is 13.2. The molecule has 0 saturated carbocycles. The number of hydrogen-bond donors (Lipinski definition) is 1. The monoisotopic (exact) mass is 302 g/mol. The Morgan fingerprint density at radius 3 is 1.78 bits per heavy atom. The van der Waals surface area contributed by atoms with Gasteiger partial charge in [0.1, 0.15) is 6.33 Å². The molecule has 4 rings (SSSR count). The molecule has 0 radical (unpaired) electrons. The van der Waals surface area contributed by atoms with Crippen molar-refractivity contribution < 1.29 is 0 Å². The van der Waals surface area contributed by atoms with Crippen LogP contribution in [0.3, 0.4) is 0 Å². The van der Waals surface area contributed by atoms with Crippen molar-refractivity contribution in [2.24, 2.45) is 4.99 Å². The first-order chi connectivity index (χ1) is 11.2. The largest absolute Gasteiger partial charge is 0.244 e. The molecule has 3 aromatic rings. The minimum absolute atomic E-state index is 0.458. The van der Waals surface area contributed by atoms with Gasteiger partial charge in [-0.25, -0.2) is 10.1 Å². The van der Waals surface area contributed by atoms with Gasteiger partial charge in [0, 0.05) is 0 Å². The summed E-state index contributed by atoms with van der Waals surface area (Å²) in [7, 11) is 0. The molecule has 0 amide bonds. The highest BCUT2D eigenvalue weighted by atomic mass is 15.2. The molecule has 0 atom stereocenters. The molecule has 1 aliphatic carbocycles. The number of aromatic nitrogens is 3. The van der Waals surface area contributed by atoms with Crippen molar-refractivity contribution >= 4 is 18.2 Å². The fourth-order valence-electron chi connectivity index (χ4n) is 2.83. The zero-order valence-electron chi connectivity index (χ0n) is 13.2. The van der Waals surface area contributed by atoms with E-state index in [0.29, 0.717) is 5.95 Å². The number of aromatic amines is 1. The van der Waals surface area contributed by atoms with E-state index in [0.717, 1.165) is 0 Å². The zero-order chi connectivity index (χ0) is 16.2. The fourth-order valence-corrected chi connectivity index (χ4v) is 2.83. The molecule has 23 heavy (non-hydrogen) atoms. The Labute approximate surface area is 135 Å². The predicted molar refractivity (Wildman–Crippen MR) is 94.8 cm³/mol. The van der Waals surface area contributed by atoms with Gasteiger partial charge in [-0.05, 0) is 48.4 Å². The molecule has 0 bridgehead atoms. The van der Waals surface area contributed by atoms with Gasteiger partial charge >= 0.3 is 0 Å². The Hall–Kier alpha value is -3.01. The Morgan fingerprint density at radius 2 is 1.43 bits per heavy atom. The number of hydrogen-bond acceptors (Lipinski definition) is 3. The molecular formula is C19H18N4. The summed E-state index contributed by atoms with van der Waals surface area (Å²) in [5.41, 5.74) is 8.29. The maximum absolute atomic E-state index is 3.64. The van der Waals surface area contributed by atoms with Gasteiger partial charge in [0.25, 0.3) is 0 Å². The van der Waals surface area contributed by atoms with Crippen LogP contribution in [0, 0.1) is 0 Å². The van der Waals surface area contributed by atoms with E-state index in [1.165, 1.54) is 39.7 Å². The van der Waals surface area contributed by atoms with Gasteiger partial charge in [-0.3, -0.25) is 0 Å². The number of H-pyrrole nitrogens is 1. The SMILES string of the molecule is C=Nc1ncn[nH]1.CC(C)=C1c2ccccc2-c2ccccc21. The first kappa shape index (κ1) is 14.9. The van der Waals surface area contributed by atoms with Gasteiger partial charge in [-0.15, -0.1) is 0 Å². The van der Waals surface area contributed by atoms with Crippen LogP contribution in [0.5, 0.6) is 0 Å². The summed E-state index contributed by atoms with van der Waals surface area (Å²) in [6, 6.07) is 17.3. The van der Waals surface area contributed by atoms with E-state index in [1.807, 2.05) is 0 Å². The van der Waals surface area contributed by atoms with Crippen LogP contribution in [-0.2, 0) is 0 Å². The van der Waals surface area contributed by atoms with E-state index in [9.17, 15) is 0 Å². The summed E-state index contributed by atoms with van der Waals surface area (Å²) in [5.74, 6) is 0.458. The van der Waals surface area contributed by atoms with Crippen LogP contribution in [-0.4, -0.2) is 21.9 Å². The van der Waals surface area contributed by atoms with E-state index in [-0.39, 0.29) is 0 Å². The van der Waals surface area contributed by atoms with Crippen LogP contribution in [0.25, 0.3) is 16.7 Å². The average Bonchev–Trinajstić information content (AvgIpc) is 3.21. The van der Waals surface area contributed by atoms with Crippen LogP contribution < -0.4 is 0 Å². The van der Waals surface area contributed by atoms with Crippen molar-refractivity contribution in [3.8, 4) is 11.1 Å². The van der Waals surface area contributed by atoms with Crippen molar-refractivity contribution in [3.05, 3.63) is 71.6 Å². The number of rotatable bonds is 1. The van der Waals surface area contributed by atoms with Gasteiger partial charge in [0.2, 0.25) is 5.95 Å². The first-order valence-electron chi connectivity index (χ1n) is 7.41. The molecule has 1 heterocycles. The lowest BCUT2D eigenvalue weighted by molar-refractivity contribution is 1.08. The summed E-state index contributed by atoms with van der Waals surface area (Å²) < 4.78 is 0. The van der Waals surface area contributed by atoms with Crippen LogP contribution in [0.1, 0.15) is 25.0 Å². The minimum Gasteiger partial charge on any atom is -0.244 e. The van der Waals surface area contributed by atoms with Crippen LogP contribution in [0.4, 0.5) is 5.95 Å². The van der Waals surface area contributed by atoms with E-state index < -0.39 is 0 Å². The summed E-state index contributed by atoms with van der Waals surface area (Å²) in [5, 5.41) is 6.02.